The van der Waals surface area contributed by atoms with E-state index < -0.39 is 30.3 Å². The lowest BCUT2D eigenvalue weighted by molar-refractivity contribution is -0.166. The summed E-state index contributed by atoms with van der Waals surface area (Å²) in [5.41, 5.74) is 9.63. The lowest BCUT2D eigenvalue weighted by Gasteiger charge is -2.40. The molecular formula is C7H11F2N3O2. The number of hydrogen-bond donors (Lipinski definition) is 2. The van der Waals surface area contributed by atoms with Crippen LogP contribution in [0.15, 0.2) is 0 Å². The zero-order chi connectivity index (χ0) is 10.9. The molecule has 0 saturated carbocycles. The van der Waals surface area contributed by atoms with Crippen molar-refractivity contribution in [2.45, 2.75) is 18.4 Å². The van der Waals surface area contributed by atoms with E-state index >= 15 is 0 Å². The predicted octanol–water partition coefficient (Wildman–Crippen LogP) is -1.33. The first-order chi connectivity index (χ1) is 6.40. The summed E-state index contributed by atoms with van der Waals surface area (Å²) >= 11 is 0. The highest BCUT2D eigenvalue weighted by Crippen LogP contribution is 2.24. The molecule has 1 aliphatic rings. The van der Waals surface area contributed by atoms with Crippen LogP contribution in [-0.2, 0) is 9.59 Å². The molecule has 1 unspecified atom stereocenters. The van der Waals surface area contributed by atoms with E-state index in [4.69, 9.17) is 11.5 Å². The Kier molecular flexibility index (Phi) is 2.70. The normalized spacial score (nSPS) is 21.6. The number of nitrogens with two attached hydrogens (primary N) is 2. The zero-order valence-corrected chi connectivity index (χ0v) is 7.37. The summed E-state index contributed by atoms with van der Waals surface area (Å²) < 4.78 is 25.6. The Labute approximate surface area is 79.0 Å². The number of nitrogens with zero attached hydrogens (tertiary/aromatic N) is 1. The van der Waals surface area contributed by atoms with E-state index in [1.165, 1.54) is 0 Å². The molecule has 5 nitrogen and oxygen atoms in total. The number of primary amides is 1. The maximum Gasteiger partial charge on any atom is 0.336 e. The van der Waals surface area contributed by atoms with Crippen LogP contribution in [0.3, 0.4) is 0 Å². The third kappa shape index (κ3) is 1.67. The molecule has 1 rings (SSSR count). The van der Waals surface area contributed by atoms with E-state index in [1.807, 2.05) is 0 Å². The Morgan fingerprint density at radius 1 is 1.50 bits per heavy atom. The van der Waals surface area contributed by atoms with Crippen molar-refractivity contribution in [3.8, 4) is 0 Å². The second kappa shape index (κ2) is 3.49. The number of hydrogen-bond acceptors (Lipinski definition) is 3. The van der Waals surface area contributed by atoms with Crippen LogP contribution in [0.25, 0.3) is 0 Å². The highest BCUT2D eigenvalue weighted by Gasteiger charge is 2.47. The molecule has 1 atom stereocenters. The molecule has 2 amide bonds. The van der Waals surface area contributed by atoms with Crippen molar-refractivity contribution in [2.75, 3.05) is 13.1 Å². The van der Waals surface area contributed by atoms with Gasteiger partial charge < -0.3 is 16.4 Å². The second-order valence-electron chi connectivity index (χ2n) is 3.11. The summed E-state index contributed by atoms with van der Waals surface area (Å²) in [6.45, 7) is -0.935. The standard InChI is InChI=1S/C7H11F2N3O2/c8-7(9,3-10)6(14)12-2-1-4(12)5(11)13/h4H,1-3,10H2,(H2,11,13). The number of carbonyl (C=O) groups excluding carboxylic acids is 2. The van der Waals surface area contributed by atoms with Gasteiger partial charge in [0.15, 0.2) is 0 Å². The van der Waals surface area contributed by atoms with E-state index in [1.54, 1.807) is 0 Å². The third-order valence-electron chi connectivity index (χ3n) is 2.18. The number of carbonyl (C=O) groups is 2. The van der Waals surface area contributed by atoms with E-state index in [2.05, 4.69) is 0 Å². The summed E-state index contributed by atoms with van der Waals surface area (Å²) in [6, 6.07) is -0.903. The number of halogens is 2. The van der Waals surface area contributed by atoms with Gasteiger partial charge in [-0.25, -0.2) is 0 Å². The van der Waals surface area contributed by atoms with Gasteiger partial charge in [0.05, 0.1) is 6.54 Å². The summed E-state index contributed by atoms with van der Waals surface area (Å²) in [5, 5.41) is 0. The molecule has 0 aliphatic carbocycles. The molecule has 1 saturated heterocycles. The Balaban J connectivity index is 2.67. The fraction of sp³-hybridized carbons (Fsp3) is 0.714. The van der Waals surface area contributed by atoms with Crippen LogP contribution in [0.2, 0.25) is 0 Å². The molecule has 0 aromatic heterocycles. The van der Waals surface area contributed by atoms with Gasteiger partial charge in [-0.1, -0.05) is 0 Å². The van der Waals surface area contributed by atoms with Crippen LogP contribution in [0.1, 0.15) is 6.42 Å². The molecule has 1 fully saturated rings. The monoisotopic (exact) mass is 207 g/mol. The second-order valence-corrected chi connectivity index (χ2v) is 3.11. The van der Waals surface area contributed by atoms with Crippen molar-refractivity contribution in [3.05, 3.63) is 0 Å². The average molecular weight is 207 g/mol. The van der Waals surface area contributed by atoms with Crippen LogP contribution in [0.5, 0.6) is 0 Å². The van der Waals surface area contributed by atoms with Gasteiger partial charge in [0, 0.05) is 6.54 Å². The molecule has 0 aromatic rings. The number of rotatable bonds is 3. The van der Waals surface area contributed by atoms with Crippen molar-refractivity contribution >= 4 is 11.8 Å². The van der Waals surface area contributed by atoms with E-state index in [0.29, 0.717) is 6.42 Å². The first-order valence-corrected chi connectivity index (χ1v) is 4.08. The lowest BCUT2D eigenvalue weighted by atomic mass is 10.0. The van der Waals surface area contributed by atoms with Crippen molar-refractivity contribution in [3.63, 3.8) is 0 Å². The Morgan fingerprint density at radius 3 is 2.36 bits per heavy atom. The molecule has 0 bridgehead atoms. The van der Waals surface area contributed by atoms with Gasteiger partial charge in [0.1, 0.15) is 6.04 Å². The smallest absolute Gasteiger partial charge is 0.336 e. The quantitative estimate of drug-likeness (QED) is 0.600. The highest BCUT2D eigenvalue weighted by atomic mass is 19.3. The fourth-order valence-corrected chi connectivity index (χ4v) is 1.22. The van der Waals surface area contributed by atoms with Gasteiger partial charge in [-0.2, -0.15) is 8.78 Å². The molecule has 7 heteroatoms. The predicted molar refractivity (Wildman–Crippen MR) is 43.3 cm³/mol. The van der Waals surface area contributed by atoms with Gasteiger partial charge in [-0.05, 0) is 6.42 Å². The largest absolute Gasteiger partial charge is 0.368 e. The molecule has 0 radical (unpaired) electrons. The number of amides is 2. The van der Waals surface area contributed by atoms with Crippen molar-refractivity contribution in [1.82, 2.24) is 4.90 Å². The minimum Gasteiger partial charge on any atom is -0.368 e. The van der Waals surface area contributed by atoms with Crippen LogP contribution in [0, 0.1) is 0 Å². The van der Waals surface area contributed by atoms with Crippen LogP contribution < -0.4 is 11.5 Å². The number of alkyl halides is 2. The molecule has 80 valence electrons. The van der Waals surface area contributed by atoms with Crippen molar-refractivity contribution in [1.29, 1.82) is 0 Å². The topological polar surface area (TPSA) is 89.4 Å². The van der Waals surface area contributed by atoms with Crippen LogP contribution in [-0.4, -0.2) is 41.8 Å². The molecule has 14 heavy (non-hydrogen) atoms. The highest BCUT2D eigenvalue weighted by molar-refractivity contribution is 5.91. The first-order valence-electron chi connectivity index (χ1n) is 4.08. The average Bonchev–Trinajstić information content (AvgIpc) is 2.01. The van der Waals surface area contributed by atoms with Gasteiger partial charge in [-0.3, -0.25) is 9.59 Å². The van der Waals surface area contributed by atoms with Crippen molar-refractivity contribution in [2.24, 2.45) is 11.5 Å². The Bertz CT molecular complexity index is 270. The van der Waals surface area contributed by atoms with Gasteiger partial charge >= 0.3 is 5.92 Å². The lowest BCUT2D eigenvalue weighted by Crippen LogP contribution is -2.62. The molecule has 0 aromatic carbocycles. The molecule has 4 N–H and O–H groups in total. The van der Waals surface area contributed by atoms with Crippen molar-refractivity contribution < 1.29 is 18.4 Å². The van der Waals surface area contributed by atoms with Crippen LogP contribution >= 0.6 is 0 Å². The Hall–Kier alpha value is -1.24. The first kappa shape index (κ1) is 10.8. The van der Waals surface area contributed by atoms with E-state index in [-0.39, 0.29) is 6.54 Å². The van der Waals surface area contributed by atoms with E-state index in [0.717, 1.165) is 4.90 Å². The summed E-state index contributed by atoms with van der Waals surface area (Å²) in [7, 11) is 0. The number of likely N-dealkylation sites (tertiary alicyclic amines) is 1. The summed E-state index contributed by atoms with van der Waals surface area (Å²) in [5.74, 6) is -5.79. The molecular weight excluding hydrogens is 196 g/mol. The van der Waals surface area contributed by atoms with E-state index in [9.17, 15) is 18.4 Å². The van der Waals surface area contributed by atoms with Crippen LogP contribution in [0.4, 0.5) is 8.78 Å². The SMILES string of the molecule is NCC(F)(F)C(=O)N1CCC1C(N)=O. The zero-order valence-electron chi connectivity index (χ0n) is 7.37. The van der Waals surface area contributed by atoms with Gasteiger partial charge in [0.2, 0.25) is 5.91 Å². The maximum atomic E-state index is 12.8. The molecule has 1 heterocycles. The molecule has 1 aliphatic heterocycles. The summed E-state index contributed by atoms with van der Waals surface area (Å²) in [6.07, 6.45) is 0.335. The Morgan fingerprint density at radius 2 is 2.07 bits per heavy atom. The summed E-state index contributed by atoms with van der Waals surface area (Å²) in [4.78, 5) is 22.5. The minimum absolute atomic E-state index is 0.127. The third-order valence-corrected chi connectivity index (χ3v) is 2.18. The van der Waals surface area contributed by atoms with Gasteiger partial charge in [0.25, 0.3) is 5.91 Å². The minimum atomic E-state index is -3.60. The van der Waals surface area contributed by atoms with Gasteiger partial charge in [-0.15, -0.1) is 0 Å². The fourth-order valence-electron chi connectivity index (χ4n) is 1.22. The molecule has 0 spiro atoms. The maximum absolute atomic E-state index is 12.8.